The molecule has 0 fully saturated rings. The van der Waals surface area contributed by atoms with E-state index >= 15 is 0 Å². The van der Waals surface area contributed by atoms with Crippen molar-refractivity contribution in [1.29, 1.82) is 0 Å². The van der Waals surface area contributed by atoms with Gasteiger partial charge in [-0.05, 0) is 72.3 Å². The summed E-state index contributed by atoms with van der Waals surface area (Å²) in [6, 6.07) is 13.7. The fourth-order valence-electron chi connectivity index (χ4n) is 4.44. The molecule has 0 aliphatic carbocycles. The van der Waals surface area contributed by atoms with Crippen molar-refractivity contribution in [2.45, 2.75) is 39.1 Å². The molecule has 6 heteroatoms. The molecular weight excluding hydrogens is 414 g/mol. The van der Waals surface area contributed by atoms with Crippen molar-refractivity contribution in [2.75, 3.05) is 59.1 Å². The van der Waals surface area contributed by atoms with Crippen LogP contribution in [0.1, 0.15) is 33.4 Å². The fraction of sp³-hybridized carbons (Fsp3) is 0.556. The molecule has 0 radical (unpaired) electrons. The second-order valence-electron chi connectivity index (χ2n) is 8.97. The lowest BCUT2D eigenvalue weighted by atomic mass is 9.99. The molecule has 33 heavy (non-hydrogen) atoms. The van der Waals surface area contributed by atoms with E-state index in [1.165, 1.54) is 33.4 Å². The summed E-state index contributed by atoms with van der Waals surface area (Å²) in [6.45, 7) is 9.42. The summed E-state index contributed by atoms with van der Waals surface area (Å²) in [7, 11) is 0. The monoisotopic (exact) mass is 453 g/mol. The summed E-state index contributed by atoms with van der Waals surface area (Å²) >= 11 is 0. The minimum Gasteiger partial charge on any atom is -0.375 e. The lowest BCUT2D eigenvalue weighted by Crippen LogP contribution is -2.24. The van der Waals surface area contributed by atoms with Crippen molar-refractivity contribution in [3.63, 3.8) is 0 Å². The Morgan fingerprint density at radius 2 is 0.697 bits per heavy atom. The zero-order chi connectivity index (χ0) is 22.6. The molecule has 0 saturated heterocycles. The number of hydrogen-bond donors (Lipinski definition) is 3. The van der Waals surface area contributed by atoms with Gasteiger partial charge < -0.3 is 30.2 Å². The predicted octanol–water partition coefficient (Wildman–Crippen LogP) is 2.36. The average Bonchev–Trinajstić information content (AvgIpc) is 2.81. The fourth-order valence-corrected chi connectivity index (χ4v) is 4.44. The average molecular weight is 454 g/mol. The maximum atomic E-state index is 5.96. The number of hydrogen-bond acceptors (Lipinski definition) is 6. The van der Waals surface area contributed by atoms with E-state index in [1.54, 1.807) is 0 Å². The lowest BCUT2D eigenvalue weighted by molar-refractivity contribution is 0.115. The van der Waals surface area contributed by atoms with Crippen LogP contribution in [-0.4, -0.2) is 59.1 Å². The quantitative estimate of drug-likeness (QED) is 0.569. The molecule has 3 heterocycles. The molecule has 3 N–H and O–H groups in total. The van der Waals surface area contributed by atoms with Gasteiger partial charge in [-0.1, -0.05) is 36.4 Å². The maximum absolute atomic E-state index is 5.96. The molecule has 180 valence electrons. The lowest BCUT2D eigenvalue weighted by Gasteiger charge is -2.14. The standard InChI is InChI=1S/C27H39N3O3/c1-4-28-7-10-31-19-25-16-26-18-27(17-25)21-33-12-9-30-6-3-24-14-22(1)13-23(15-24)2-5-29-8-11-32-20-26/h13-18,28-30H,1-12,19-21H2. The van der Waals surface area contributed by atoms with E-state index in [2.05, 4.69) is 52.3 Å². The Kier molecular flexibility index (Phi) is 10.2. The highest BCUT2D eigenvalue weighted by atomic mass is 16.5. The van der Waals surface area contributed by atoms with Crippen LogP contribution in [0.2, 0.25) is 0 Å². The van der Waals surface area contributed by atoms with Gasteiger partial charge in [0.05, 0.1) is 39.6 Å². The predicted molar refractivity (Wildman–Crippen MR) is 132 cm³/mol. The summed E-state index contributed by atoms with van der Waals surface area (Å²) in [4.78, 5) is 0. The van der Waals surface area contributed by atoms with Crippen LogP contribution in [0.3, 0.4) is 0 Å². The summed E-state index contributed by atoms with van der Waals surface area (Å²) in [5, 5.41) is 10.6. The molecule has 0 unspecified atom stereocenters. The molecule has 2 aromatic rings. The van der Waals surface area contributed by atoms with E-state index in [0.717, 1.165) is 58.5 Å². The first kappa shape index (κ1) is 24.3. The van der Waals surface area contributed by atoms with Gasteiger partial charge in [0.2, 0.25) is 0 Å². The number of rotatable bonds is 0. The van der Waals surface area contributed by atoms with Gasteiger partial charge in [-0.25, -0.2) is 0 Å². The maximum Gasteiger partial charge on any atom is 0.0717 e. The molecule has 5 rings (SSSR count). The second kappa shape index (κ2) is 13.8. The number of nitrogens with one attached hydrogen (secondary N) is 3. The summed E-state index contributed by atoms with van der Waals surface area (Å²) < 4.78 is 17.9. The van der Waals surface area contributed by atoms with E-state index in [0.29, 0.717) is 39.6 Å². The first-order chi connectivity index (χ1) is 16.3. The van der Waals surface area contributed by atoms with E-state index in [9.17, 15) is 0 Å². The van der Waals surface area contributed by atoms with E-state index in [1.807, 2.05) is 0 Å². The minimum absolute atomic E-state index is 0.608. The molecule has 0 aromatic heterocycles. The first-order valence-corrected chi connectivity index (χ1v) is 12.4. The molecule has 6 bridgehead atoms. The van der Waals surface area contributed by atoms with Gasteiger partial charge >= 0.3 is 0 Å². The number of ether oxygens (including phenoxy) is 3. The number of fused-ring (bicyclic) bond motifs is 18. The van der Waals surface area contributed by atoms with Crippen molar-refractivity contribution in [3.05, 3.63) is 69.8 Å². The molecule has 0 atom stereocenters. The topological polar surface area (TPSA) is 63.8 Å². The number of benzene rings is 2. The normalized spacial score (nSPS) is 20.0. The molecule has 6 nitrogen and oxygen atoms in total. The van der Waals surface area contributed by atoms with Crippen molar-refractivity contribution in [2.24, 2.45) is 0 Å². The van der Waals surface area contributed by atoms with E-state index in [-0.39, 0.29) is 0 Å². The molecule has 0 spiro atoms. The Morgan fingerprint density at radius 3 is 1.03 bits per heavy atom. The Morgan fingerprint density at radius 1 is 0.394 bits per heavy atom. The van der Waals surface area contributed by atoms with Crippen molar-refractivity contribution >= 4 is 0 Å². The van der Waals surface area contributed by atoms with Crippen LogP contribution in [0.25, 0.3) is 0 Å². The van der Waals surface area contributed by atoms with Crippen LogP contribution >= 0.6 is 0 Å². The van der Waals surface area contributed by atoms with Gasteiger partial charge in [-0.2, -0.15) is 0 Å². The molecule has 0 amide bonds. The largest absolute Gasteiger partial charge is 0.375 e. The first-order valence-electron chi connectivity index (χ1n) is 12.4. The molecule has 3 aliphatic heterocycles. The molecule has 2 aromatic carbocycles. The molecule has 0 saturated carbocycles. The Labute approximate surface area is 198 Å². The zero-order valence-corrected chi connectivity index (χ0v) is 19.8. The van der Waals surface area contributed by atoms with Gasteiger partial charge in [-0.15, -0.1) is 0 Å². The van der Waals surface area contributed by atoms with Gasteiger partial charge in [-0.3, -0.25) is 0 Å². The third-order valence-corrected chi connectivity index (χ3v) is 6.07. The Balaban J connectivity index is 1.52. The summed E-state index contributed by atoms with van der Waals surface area (Å²) in [5.41, 5.74) is 7.78. The third kappa shape index (κ3) is 8.81. The zero-order valence-electron chi connectivity index (χ0n) is 19.8. The van der Waals surface area contributed by atoms with Gasteiger partial charge in [0.15, 0.2) is 0 Å². The van der Waals surface area contributed by atoms with Crippen LogP contribution in [0.5, 0.6) is 0 Å². The van der Waals surface area contributed by atoms with Crippen molar-refractivity contribution in [1.82, 2.24) is 16.0 Å². The van der Waals surface area contributed by atoms with E-state index in [4.69, 9.17) is 14.2 Å². The van der Waals surface area contributed by atoms with Crippen LogP contribution in [-0.2, 0) is 53.3 Å². The van der Waals surface area contributed by atoms with Gasteiger partial charge in [0.1, 0.15) is 0 Å². The summed E-state index contributed by atoms with van der Waals surface area (Å²) in [5.74, 6) is 0. The Hall–Kier alpha value is -1.80. The summed E-state index contributed by atoms with van der Waals surface area (Å²) in [6.07, 6.45) is 3.11. The van der Waals surface area contributed by atoms with Crippen LogP contribution in [0, 0.1) is 0 Å². The third-order valence-electron chi connectivity index (χ3n) is 6.07. The highest BCUT2D eigenvalue weighted by Gasteiger charge is 2.06. The smallest absolute Gasteiger partial charge is 0.0717 e. The Bertz CT molecular complexity index is 657. The molecular formula is C27H39N3O3. The minimum atomic E-state index is 0.608. The van der Waals surface area contributed by atoms with Gasteiger partial charge in [0.25, 0.3) is 0 Å². The van der Waals surface area contributed by atoms with Crippen LogP contribution < -0.4 is 16.0 Å². The highest BCUT2D eigenvalue weighted by Crippen LogP contribution is 2.15. The van der Waals surface area contributed by atoms with E-state index < -0.39 is 0 Å². The van der Waals surface area contributed by atoms with Crippen molar-refractivity contribution in [3.8, 4) is 0 Å². The van der Waals surface area contributed by atoms with Crippen LogP contribution in [0.4, 0.5) is 0 Å². The highest BCUT2D eigenvalue weighted by molar-refractivity contribution is 5.31. The van der Waals surface area contributed by atoms with Crippen LogP contribution in [0.15, 0.2) is 36.4 Å². The second-order valence-corrected chi connectivity index (χ2v) is 8.97. The van der Waals surface area contributed by atoms with Crippen molar-refractivity contribution < 1.29 is 14.2 Å². The SMILES string of the molecule is c1c2cc3cc1CCNCCOCc1cc(cc(c1)COCCNCC3)COCCNCC2. The van der Waals surface area contributed by atoms with Gasteiger partial charge in [0, 0.05) is 19.6 Å². The molecule has 3 aliphatic rings.